The molecule has 0 radical (unpaired) electrons. The number of nitrogens with zero attached hydrogens (tertiary/aromatic N) is 5. The molecular formula is C21H24ClFN6O. The van der Waals surface area contributed by atoms with Gasteiger partial charge in [-0.25, -0.2) is 4.39 Å². The largest absolute Gasteiger partial charge is 0.328 e. The monoisotopic (exact) mass is 430 g/mol. The molecule has 158 valence electrons. The first-order valence-electron chi connectivity index (χ1n) is 9.80. The van der Waals surface area contributed by atoms with E-state index in [2.05, 4.69) is 20.5 Å². The minimum absolute atomic E-state index is 0. The van der Waals surface area contributed by atoms with Gasteiger partial charge in [-0.3, -0.25) is 9.78 Å². The average Bonchev–Trinajstić information content (AvgIpc) is 3.09. The Hall–Kier alpha value is -2.84. The number of pyridine rings is 1. The lowest BCUT2D eigenvalue weighted by Gasteiger charge is -2.30. The van der Waals surface area contributed by atoms with E-state index in [4.69, 9.17) is 0 Å². The highest BCUT2D eigenvalue weighted by atomic mass is 35.5. The molecule has 1 aromatic carbocycles. The molecule has 0 bridgehead atoms. The molecular weight excluding hydrogens is 407 g/mol. The summed E-state index contributed by atoms with van der Waals surface area (Å²) in [6, 6.07) is 11.6. The van der Waals surface area contributed by atoms with Gasteiger partial charge in [-0.1, -0.05) is 6.07 Å². The fourth-order valence-electron chi connectivity index (χ4n) is 3.55. The third-order valence-corrected chi connectivity index (χ3v) is 5.07. The molecule has 1 amide bonds. The Morgan fingerprint density at radius 2 is 2.00 bits per heavy atom. The van der Waals surface area contributed by atoms with E-state index in [0.717, 1.165) is 38.0 Å². The second-order valence-electron chi connectivity index (χ2n) is 7.08. The van der Waals surface area contributed by atoms with Gasteiger partial charge in [0.2, 0.25) is 0 Å². The number of aromatic nitrogens is 4. The van der Waals surface area contributed by atoms with Crippen molar-refractivity contribution >= 4 is 18.3 Å². The normalized spacial score (nSPS) is 16.4. The third kappa shape index (κ3) is 5.20. The first kappa shape index (κ1) is 21.9. The highest BCUT2D eigenvalue weighted by Gasteiger charge is 2.28. The van der Waals surface area contributed by atoms with E-state index < -0.39 is 0 Å². The summed E-state index contributed by atoms with van der Waals surface area (Å²) in [6.07, 6.45) is 6.02. The molecule has 1 unspecified atom stereocenters. The van der Waals surface area contributed by atoms with Crippen molar-refractivity contribution in [3.8, 4) is 5.69 Å². The lowest BCUT2D eigenvalue weighted by molar-refractivity contribution is 0.0635. The van der Waals surface area contributed by atoms with Gasteiger partial charge in [-0.05, 0) is 68.8 Å². The van der Waals surface area contributed by atoms with Crippen LogP contribution < -0.4 is 5.32 Å². The van der Waals surface area contributed by atoms with E-state index in [0.29, 0.717) is 12.2 Å². The van der Waals surface area contributed by atoms with Crippen LogP contribution in [0.2, 0.25) is 0 Å². The Morgan fingerprint density at radius 1 is 1.17 bits per heavy atom. The minimum Gasteiger partial charge on any atom is -0.328 e. The van der Waals surface area contributed by atoms with Crippen LogP contribution in [0.4, 0.5) is 4.39 Å². The van der Waals surface area contributed by atoms with Gasteiger partial charge in [0.15, 0.2) is 5.69 Å². The SMILES string of the molecule is Cl.O=C(c1cnn(-c2ccc(F)cc2)n1)N(Cc1ccccn1)C1CCCNCC1. The molecule has 1 saturated heterocycles. The number of carbonyl (C=O) groups excluding carboxylic acids is 1. The zero-order valence-electron chi connectivity index (χ0n) is 16.4. The van der Waals surface area contributed by atoms with Crippen LogP contribution in [0.15, 0.2) is 54.9 Å². The number of amides is 1. The van der Waals surface area contributed by atoms with Crippen LogP contribution >= 0.6 is 12.4 Å². The van der Waals surface area contributed by atoms with Crippen molar-refractivity contribution in [1.29, 1.82) is 0 Å². The van der Waals surface area contributed by atoms with Gasteiger partial charge in [0.25, 0.3) is 5.91 Å². The van der Waals surface area contributed by atoms with Crippen molar-refractivity contribution in [2.75, 3.05) is 13.1 Å². The standard InChI is InChI=1S/C21H23FN6O.ClH/c22-16-6-8-19(9-7-16)28-25-14-20(26-28)21(29)27(15-17-4-1-2-12-24-17)18-5-3-11-23-13-10-18;/h1-2,4,6-9,12,14,18,23H,3,5,10-11,13,15H2;1H. The molecule has 3 aromatic rings. The van der Waals surface area contributed by atoms with Gasteiger partial charge in [0.1, 0.15) is 5.82 Å². The van der Waals surface area contributed by atoms with Crippen molar-refractivity contribution in [3.63, 3.8) is 0 Å². The smallest absolute Gasteiger partial charge is 0.276 e. The molecule has 0 aliphatic carbocycles. The molecule has 1 aliphatic rings. The minimum atomic E-state index is -0.333. The summed E-state index contributed by atoms with van der Waals surface area (Å²) in [4.78, 5) is 21.0. The van der Waals surface area contributed by atoms with E-state index in [-0.39, 0.29) is 35.9 Å². The summed E-state index contributed by atoms with van der Waals surface area (Å²) in [6.45, 7) is 2.26. The lowest BCUT2D eigenvalue weighted by atomic mass is 10.1. The highest BCUT2D eigenvalue weighted by molar-refractivity contribution is 5.92. The van der Waals surface area contributed by atoms with Crippen LogP contribution in [-0.2, 0) is 6.54 Å². The number of carbonyl (C=O) groups is 1. The van der Waals surface area contributed by atoms with Crippen LogP contribution in [0, 0.1) is 5.82 Å². The van der Waals surface area contributed by atoms with Crippen molar-refractivity contribution < 1.29 is 9.18 Å². The molecule has 9 heteroatoms. The number of halogens is 2. The lowest BCUT2D eigenvalue weighted by Crippen LogP contribution is -2.40. The van der Waals surface area contributed by atoms with Crippen LogP contribution in [0.25, 0.3) is 5.69 Å². The molecule has 7 nitrogen and oxygen atoms in total. The molecule has 0 spiro atoms. The third-order valence-electron chi connectivity index (χ3n) is 5.07. The number of hydrogen-bond acceptors (Lipinski definition) is 5. The fourth-order valence-corrected chi connectivity index (χ4v) is 3.55. The topological polar surface area (TPSA) is 75.9 Å². The first-order chi connectivity index (χ1) is 14.2. The zero-order valence-corrected chi connectivity index (χ0v) is 17.3. The Kier molecular flexibility index (Phi) is 7.48. The summed E-state index contributed by atoms with van der Waals surface area (Å²) in [5.41, 5.74) is 1.70. The first-order valence-corrected chi connectivity index (χ1v) is 9.80. The van der Waals surface area contributed by atoms with Gasteiger partial charge in [-0.2, -0.15) is 9.90 Å². The Labute approximate surface area is 180 Å². The number of nitrogens with one attached hydrogen (secondary N) is 1. The number of hydrogen-bond donors (Lipinski definition) is 1. The number of rotatable bonds is 5. The summed E-state index contributed by atoms with van der Waals surface area (Å²) in [5, 5.41) is 11.9. The van der Waals surface area contributed by atoms with E-state index in [1.54, 1.807) is 18.3 Å². The Morgan fingerprint density at radius 3 is 2.77 bits per heavy atom. The van der Waals surface area contributed by atoms with Crippen molar-refractivity contribution in [3.05, 3.63) is 72.1 Å². The van der Waals surface area contributed by atoms with Crippen LogP contribution in [0.3, 0.4) is 0 Å². The molecule has 4 rings (SSSR count). The second-order valence-corrected chi connectivity index (χ2v) is 7.08. The summed E-state index contributed by atoms with van der Waals surface area (Å²) in [5.74, 6) is -0.503. The Bertz CT molecular complexity index is 942. The molecule has 1 aliphatic heterocycles. The molecule has 2 aromatic heterocycles. The summed E-state index contributed by atoms with van der Waals surface area (Å²) >= 11 is 0. The van der Waals surface area contributed by atoms with Crippen molar-refractivity contribution in [2.24, 2.45) is 0 Å². The predicted octanol–water partition coefficient (Wildman–Crippen LogP) is 3.01. The molecule has 3 heterocycles. The molecule has 1 atom stereocenters. The van der Waals surface area contributed by atoms with Gasteiger partial charge in [0.05, 0.1) is 24.1 Å². The molecule has 1 fully saturated rings. The van der Waals surface area contributed by atoms with Crippen LogP contribution in [0.5, 0.6) is 0 Å². The van der Waals surface area contributed by atoms with E-state index in [1.165, 1.54) is 23.1 Å². The molecule has 30 heavy (non-hydrogen) atoms. The van der Waals surface area contributed by atoms with Crippen LogP contribution in [-0.4, -0.2) is 49.9 Å². The van der Waals surface area contributed by atoms with E-state index in [1.807, 2.05) is 23.1 Å². The van der Waals surface area contributed by atoms with Crippen LogP contribution in [0.1, 0.15) is 35.4 Å². The quantitative estimate of drug-likeness (QED) is 0.673. The molecule has 0 saturated carbocycles. The van der Waals surface area contributed by atoms with Gasteiger partial charge in [0, 0.05) is 12.2 Å². The maximum absolute atomic E-state index is 13.4. The Balaban J connectivity index is 0.00000256. The molecule has 1 N–H and O–H groups in total. The zero-order chi connectivity index (χ0) is 20.1. The average molecular weight is 431 g/mol. The predicted molar refractivity (Wildman–Crippen MR) is 113 cm³/mol. The van der Waals surface area contributed by atoms with Crippen molar-refractivity contribution in [2.45, 2.75) is 31.8 Å². The van der Waals surface area contributed by atoms with Gasteiger partial charge in [-0.15, -0.1) is 17.5 Å². The second kappa shape index (κ2) is 10.3. The van der Waals surface area contributed by atoms with E-state index in [9.17, 15) is 9.18 Å². The van der Waals surface area contributed by atoms with Crippen molar-refractivity contribution in [1.82, 2.24) is 30.2 Å². The summed E-state index contributed by atoms with van der Waals surface area (Å²) in [7, 11) is 0. The maximum Gasteiger partial charge on any atom is 0.276 e. The summed E-state index contributed by atoms with van der Waals surface area (Å²) < 4.78 is 13.2. The maximum atomic E-state index is 13.4. The fraction of sp³-hybridized carbons (Fsp3) is 0.333. The van der Waals surface area contributed by atoms with Gasteiger partial charge >= 0.3 is 0 Å². The van der Waals surface area contributed by atoms with E-state index >= 15 is 0 Å². The highest BCUT2D eigenvalue weighted by Crippen LogP contribution is 2.19. The van der Waals surface area contributed by atoms with Gasteiger partial charge < -0.3 is 10.2 Å². The number of benzene rings is 1.